The predicted molar refractivity (Wildman–Crippen MR) is 201 cm³/mol. The highest BCUT2D eigenvalue weighted by molar-refractivity contribution is 6.30. The largest absolute Gasteiger partial charge is 0.507 e. The first-order chi connectivity index (χ1) is 28.0. The smallest absolute Gasteiger partial charge is 0.306 e. The van der Waals surface area contributed by atoms with Gasteiger partial charge in [-0.3, -0.25) is 24.0 Å². The normalized spacial score (nSPS) is 35.3. The van der Waals surface area contributed by atoms with Gasteiger partial charge in [-0.15, -0.1) is 0 Å². The van der Waals surface area contributed by atoms with E-state index in [1.807, 2.05) is 0 Å². The van der Waals surface area contributed by atoms with Crippen molar-refractivity contribution in [2.45, 2.75) is 153 Å². The molecule has 0 aromatic heterocycles. The van der Waals surface area contributed by atoms with Crippen molar-refractivity contribution < 1.29 is 77.2 Å². The van der Waals surface area contributed by atoms with Gasteiger partial charge < -0.3 is 53.2 Å². The second-order valence-corrected chi connectivity index (χ2v) is 16.5. The van der Waals surface area contributed by atoms with Gasteiger partial charge in [-0.2, -0.15) is 0 Å². The van der Waals surface area contributed by atoms with E-state index in [0.717, 1.165) is 0 Å². The van der Waals surface area contributed by atoms with E-state index in [9.17, 15) is 39.3 Å². The molecule has 8 rings (SSSR count). The Morgan fingerprint density at radius 2 is 1.53 bits per heavy atom. The first kappa shape index (κ1) is 41.3. The van der Waals surface area contributed by atoms with Gasteiger partial charge in [0.25, 0.3) is 0 Å². The molecule has 0 radical (unpaired) electrons. The second-order valence-electron chi connectivity index (χ2n) is 16.5. The molecule has 0 bridgehead atoms. The molecule has 0 saturated carbocycles. The molecule has 0 spiro atoms. The lowest BCUT2D eigenvalue weighted by atomic mass is 9.79. The highest BCUT2D eigenvalue weighted by atomic mass is 16.7. The summed E-state index contributed by atoms with van der Waals surface area (Å²) in [4.78, 5) is 64.4. The van der Waals surface area contributed by atoms with E-state index in [2.05, 4.69) is 0 Å². The van der Waals surface area contributed by atoms with Crippen molar-refractivity contribution in [3.63, 3.8) is 0 Å². The number of rotatable bonds is 9. The fraction of sp³-hybridized carbons (Fsp3) is 0.558. The van der Waals surface area contributed by atoms with Gasteiger partial charge in [-0.25, -0.2) is 0 Å². The highest BCUT2D eigenvalue weighted by Gasteiger charge is 2.51. The van der Waals surface area contributed by atoms with Gasteiger partial charge in [0.15, 0.2) is 42.0 Å². The molecule has 2 aromatic carbocycles. The Kier molecular flexibility index (Phi) is 11.1. The maximum absolute atomic E-state index is 14.1. The number of aliphatic carboxylic acids is 1. The number of fused-ring (bicyclic) bond motifs is 4. The number of ether oxygens (including phenoxy) is 8. The molecule has 59 heavy (non-hydrogen) atoms. The molecule has 16 heteroatoms. The zero-order chi connectivity index (χ0) is 42.1. The Labute approximate surface area is 339 Å². The van der Waals surface area contributed by atoms with E-state index in [1.54, 1.807) is 40.7 Å². The number of ketones is 4. The summed E-state index contributed by atoms with van der Waals surface area (Å²) in [6.07, 6.45) is -3.79. The van der Waals surface area contributed by atoms with E-state index < -0.39 is 115 Å². The van der Waals surface area contributed by atoms with Crippen LogP contribution in [-0.4, -0.2) is 118 Å². The maximum Gasteiger partial charge on any atom is 0.306 e. The van der Waals surface area contributed by atoms with Gasteiger partial charge >= 0.3 is 5.97 Å². The SMILES string of the molecule is CC1OC(OC2CCC(OC(C)(CC(=O)O)Cc3ccc4c(c3O)C(=O)c3ccc(C5CC6OC7CC(=O)C(C)OC7OC6C(C)O5)c(O)c3C4=O)OC2C)C=CC1=O. The Morgan fingerprint density at radius 3 is 2.22 bits per heavy atom. The molecule has 2 aromatic rings. The number of carboxylic acids is 1. The van der Waals surface area contributed by atoms with E-state index >= 15 is 0 Å². The molecule has 5 aliphatic heterocycles. The Balaban J connectivity index is 0.978. The zero-order valence-corrected chi connectivity index (χ0v) is 33.3. The number of phenolic OH excluding ortho intramolecular Hbond substituents is 2. The Morgan fingerprint density at radius 1 is 0.814 bits per heavy atom. The second kappa shape index (κ2) is 15.9. The molecular formula is C43H48O16. The van der Waals surface area contributed by atoms with Gasteiger partial charge in [0.05, 0.1) is 53.7 Å². The predicted octanol–water partition coefficient (Wildman–Crippen LogP) is 4.15. The van der Waals surface area contributed by atoms with Crippen molar-refractivity contribution in [2.75, 3.05) is 0 Å². The molecule has 1 aliphatic carbocycles. The Hall–Kier alpha value is -4.39. The molecule has 0 amide bonds. The number of carboxylic acid groups (broad SMARTS) is 1. The quantitative estimate of drug-likeness (QED) is 0.276. The van der Waals surface area contributed by atoms with Crippen LogP contribution in [0.1, 0.15) is 116 Å². The molecule has 4 fully saturated rings. The molecule has 16 nitrogen and oxygen atoms in total. The molecule has 3 N–H and O–H groups in total. The fourth-order valence-electron chi connectivity index (χ4n) is 9.01. The molecule has 5 heterocycles. The standard InChI is InChI=1S/C43H48O16/c1-18-26(44)10-12-33(53-18)57-28-11-13-34(54-20(28)3)59-43(5,17-32(46)47)16-22-6-7-24-35(37(22)48)39(50)25-9-8-23(38(49)36(25)40(24)51)29-15-30-41(21(4)52-29)58-42-31(56-30)14-27(45)19(2)55-42/h6-10,12,18-21,28-31,33-34,41-42,48-49H,11,13-17H2,1-5H3,(H,46,47). The molecule has 13 unspecified atom stereocenters. The van der Waals surface area contributed by atoms with Crippen LogP contribution in [0.5, 0.6) is 11.5 Å². The van der Waals surface area contributed by atoms with E-state index in [0.29, 0.717) is 12.8 Å². The number of Topliss-reactive ketones (excluding diaryl/α,β-unsaturated/α-hetero) is 1. The van der Waals surface area contributed by atoms with Gasteiger partial charge in [0.2, 0.25) is 0 Å². The van der Waals surface area contributed by atoms with Crippen LogP contribution in [0.3, 0.4) is 0 Å². The van der Waals surface area contributed by atoms with Crippen LogP contribution in [0, 0.1) is 0 Å². The molecule has 316 valence electrons. The summed E-state index contributed by atoms with van der Waals surface area (Å²) in [6, 6.07) is 5.73. The first-order valence-corrected chi connectivity index (χ1v) is 20.0. The molecule has 4 saturated heterocycles. The summed E-state index contributed by atoms with van der Waals surface area (Å²) in [5, 5.41) is 33.1. The minimum atomic E-state index is -1.43. The topological polar surface area (TPSA) is 220 Å². The number of benzene rings is 2. The lowest BCUT2D eigenvalue weighted by Gasteiger charge is -2.49. The van der Waals surface area contributed by atoms with Crippen LogP contribution in [0.25, 0.3) is 0 Å². The fourth-order valence-corrected chi connectivity index (χ4v) is 9.01. The summed E-state index contributed by atoms with van der Waals surface area (Å²) in [6.45, 7) is 8.46. The van der Waals surface area contributed by atoms with Crippen LogP contribution in [0.15, 0.2) is 36.4 Å². The van der Waals surface area contributed by atoms with Crippen molar-refractivity contribution in [2.24, 2.45) is 0 Å². The summed E-state index contributed by atoms with van der Waals surface area (Å²) >= 11 is 0. The van der Waals surface area contributed by atoms with Crippen molar-refractivity contribution in [3.8, 4) is 11.5 Å². The van der Waals surface area contributed by atoms with Crippen LogP contribution < -0.4 is 0 Å². The Bertz CT molecular complexity index is 2090. The van der Waals surface area contributed by atoms with Crippen molar-refractivity contribution in [3.05, 3.63) is 69.8 Å². The van der Waals surface area contributed by atoms with Crippen LogP contribution in [0.2, 0.25) is 0 Å². The zero-order valence-electron chi connectivity index (χ0n) is 33.3. The van der Waals surface area contributed by atoms with Crippen LogP contribution in [0.4, 0.5) is 0 Å². The summed E-state index contributed by atoms with van der Waals surface area (Å²) < 4.78 is 48.5. The van der Waals surface area contributed by atoms with Crippen molar-refractivity contribution in [1.82, 2.24) is 0 Å². The minimum absolute atomic E-state index is 0.0918. The average Bonchev–Trinajstić information content (AvgIpc) is 3.16. The monoisotopic (exact) mass is 820 g/mol. The van der Waals surface area contributed by atoms with E-state index in [1.165, 1.54) is 30.3 Å². The van der Waals surface area contributed by atoms with Crippen molar-refractivity contribution >= 4 is 29.1 Å². The summed E-state index contributed by atoms with van der Waals surface area (Å²) in [5.41, 5.74) is -1.75. The van der Waals surface area contributed by atoms with Crippen molar-refractivity contribution in [1.29, 1.82) is 0 Å². The number of carbonyl (C=O) groups is 5. The third kappa shape index (κ3) is 7.88. The van der Waals surface area contributed by atoms with Crippen LogP contribution in [-0.2, 0) is 58.7 Å². The van der Waals surface area contributed by atoms with E-state index in [-0.39, 0.29) is 64.2 Å². The number of aromatic hydroxyl groups is 2. The highest BCUT2D eigenvalue weighted by Crippen LogP contribution is 2.46. The third-order valence-corrected chi connectivity index (χ3v) is 12.1. The maximum atomic E-state index is 14.1. The summed E-state index contributed by atoms with van der Waals surface area (Å²) in [7, 11) is 0. The van der Waals surface area contributed by atoms with Gasteiger partial charge in [-0.05, 0) is 70.9 Å². The van der Waals surface area contributed by atoms with Gasteiger partial charge in [0.1, 0.15) is 35.9 Å². The average molecular weight is 821 g/mol. The lowest BCUT2D eigenvalue weighted by molar-refractivity contribution is -0.347. The van der Waals surface area contributed by atoms with E-state index in [4.69, 9.17) is 37.9 Å². The number of hydrogen-bond donors (Lipinski definition) is 3. The molecular weight excluding hydrogens is 772 g/mol. The number of phenols is 2. The van der Waals surface area contributed by atoms with Gasteiger partial charge in [0, 0.05) is 42.4 Å². The lowest BCUT2D eigenvalue weighted by Crippen LogP contribution is -2.60. The minimum Gasteiger partial charge on any atom is -0.507 e. The third-order valence-electron chi connectivity index (χ3n) is 12.1. The number of hydrogen-bond acceptors (Lipinski definition) is 15. The van der Waals surface area contributed by atoms with Gasteiger partial charge in [-0.1, -0.05) is 12.1 Å². The summed E-state index contributed by atoms with van der Waals surface area (Å²) in [5.74, 6) is -3.74. The van der Waals surface area contributed by atoms with Crippen LogP contribution >= 0.6 is 0 Å². The number of carbonyl (C=O) groups excluding carboxylic acids is 4. The first-order valence-electron chi connectivity index (χ1n) is 20.0. The molecule has 13 atom stereocenters. The molecule has 6 aliphatic rings.